The Morgan fingerprint density at radius 2 is 2.32 bits per heavy atom. The SMILES string of the molecule is OCc1c(Oc2ccc(Cl)cc2Br)nc2sccn12. The molecule has 1 N–H and O–H groups in total. The van der Waals surface area contributed by atoms with Gasteiger partial charge in [0.2, 0.25) is 5.88 Å². The van der Waals surface area contributed by atoms with E-state index in [0.717, 1.165) is 9.43 Å². The standard InChI is InChI=1S/C12H8BrClN2O2S/c13-8-5-7(14)1-2-10(8)18-11-9(6-17)16-3-4-19-12(16)15-11/h1-5,17H,6H2. The summed E-state index contributed by atoms with van der Waals surface area (Å²) in [5.74, 6) is 1.00. The molecule has 0 bridgehead atoms. The summed E-state index contributed by atoms with van der Waals surface area (Å²) in [6, 6.07) is 5.23. The van der Waals surface area contributed by atoms with E-state index in [1.165, 1.54) is 11.3 Å². The second-order valence-corrected chi connectivity index (χ2v) is 5.92. The number of fused-ring (bicyclic) bond motifs is 1. The zero-order chi connectivity index (χ0) is 13.4. The zero-order valence-corrected chi connectivity index (χ0v) is 12.7. The van der Waals surface area contributed by atoms with E-state index in [1.807, 2.05) is 16.0 Å². The van der Waals surface area contributed by atoms with Crippen LogP contribution < -0.4 is 4.74 Å². The van der Waals surface area contributed by atoms with E-state index in [9.17, 15) is 5.11 Å². The molecule has 0 aliphatic carbocycles. The Hall–Kier alpha value is -1.08. The van der Waals surface area contributed by atoms with E-state index in [2.05, 4.69) is 20.9 Å². The molecule has 19 heavy (non-hydrogen) atoms. The van der Waals surface area contributed by atoms with Gasteiger partial charge in [-0.15, -0.1) is 11.3 Å². The van der Waals surface area contributed by atoms with Gasteiger partial charge in [0.15, 0.2) is 4.96 Å². The molecular formula is C12H8BrClN2O2S. The quantitative estimate of drug-likeness (QED) is 0.766. The molecule has 0 aliphatic rings. The van der Waals surface area contributed by atoms with Gasteiger partial charge in [-0.2, -0.15) is 4.98 Å². The van der Waals surface area contributed by atoms with Gasteiger partial charge in [-0.25, -0.2) is 0 Å². The second-order valence-electron chi connectivity index (χ2n) is 3.75. The predicted octanol–water partition coefficient (Wildman–Crippen LogP) is 4.10. The highest BCUT2D eigenvalue weighted by atomic mass is 79.9. The minimum Gasteiger partial charge on any atom is -0.436 e. The molecule has 1 aromatic carbocycles. The van der Waals surface area contributed by atoms with E-state index in [0.29, 0.717) is 22.3 Å². The molecule has 0 saturated carbocycles. The van der Waals surface area contributed by atoms with Gasteiger partial charge in [0.1, 0.15) is 11.4 Å². The third-order valence-electron chi connectivity index (χ3n) is 2.57. The third-order valence-corrected chi connectivity index (χ3v) is 4.19. The van der Waals surface area contributed by atoms with E-state index < -0.39 is 0 Å². The fraction of sp³-hybridized carbons (Fsp3) is 0.0833. The molecule has 0 unspecified atom stereocenters. The summed E-state index contributed by atoms with van der Waals surface area (Å²) in [7, 11) is 0. The fourth-order valence-corrected chi connectivity index (χ4v) is 3.19. The Bertz CT molecular complexity index is 740. The van der Waals surface area contributed by atoms with Crippen LogP contribution in [0.5, 0.6) is 11.6 Å². The number of thiazole rings is 1. The first-order chi connectivity index (χ1) is 9.19. The summed E-state index contributed by atoms with van der Waals surface area (Å²) >= 11 is 10.7. The third kappa shape index (κ3) is 2.36. The summed E-state index contributed by atoms with van der Waals surface area (Å²) in [5, 5.41) is 12.0. The number of nitrogens with zero attached hydrogens (tertiary/aromatic N) is 2. The van der Waals surface area contributed by atoms with E-state index in [4.69, 9.17) is 16.3 Å². The van der Waals surface area contributed by atoms with Crippen LogP contribution in [0.4, 0.5) is 0 Å². The van der Waals surface area contributed by atoms with Crippen LogP contribution in [-0.2, 0) is 6.61 Å². The van der Waals surface area contributed by atoms with E-state index in [1.54, 1.807) is 18.2 Å². The van der Waals surface area contributed by atoms with E-state index in [-0.39, 0.29) is 6.61 Å². The summed E-state index contributed by atoms with van der Waals surface area (Å²) in [6.07, 6.45) is 1.85. The minimum atomic E-state index is -0.140. The number of hydrogen-bond donors (Lipinski definition) is 1. The molecular weight excluding hydrogens is 352 g/mol. The van der Waals surface area contributed by atoms with Crippen molar-refractivity contribution in [2.75, 3.05) is 0 Å². The molecule has 2 aromatic heterocycles. The lowest BCUT2D eigenvalue weighted by molar-refractivity contribution is 0.269. The van der Waals surface area contributed by atoms with Crippen LogP contribution in [0, 0.1) is 0 Å². The zero-order valence-electron chi connectivity index (χ0n) is 9.51. The number of hydrogen-bond acceptors (Lipinski definition) is 4. The Morgan fingerprint density at radius 1 is 1.47 bits per heavy atom. The van der Waals surface area contributed by atoms with E-state index >= 15 is 0 Å². The van der Waals surface area contributed by atoms with Gasteiger partial charge >= 0.3 is 0 Å². The van der Waals surface area contributed by atoms with Crippen LogP contribution in [0.1, 0.15) is 5.69 Å². The maximum Gasteiger partial charge on any atom is 0.244 e. The smallest absolute Gasteiger partial charge is 0.244 e. The molecule has 0 fully saturated rings. The van der Waals surface area contributed by atoms with Crippen molar-refractivity contribution >= 4 is 43.8 Å². The van der Waals surface area contributed by atoms with Gasteiger partial charge in [0, 0.05) is 16.6 Å². The summed E-state index contributed by atoms with van der Waals surface area (Å²) in [6.45, 7) is -0.140. The number of ether oxygens (including phenoxy) is 1. The van der Waals surface area contributed by atoms with Crippen molar-refractivity contribution in [1.29, 1.82) is 0 Å². The average Bonchev–Trinajstić information content (AvgIpc) is 2.92. The number of halogens is 2. The molecule has 3 aromatic rings. The predicted molar refractivity (Wildman–Crippen MR) is 78.2 cm³/mol. The van der Waals surface area contributed by atoms with Crippen LogP contribution in [0.3, 0.4) is 0 Å². The first-order valence-corrected chi connectivity index (χ1v) is 7.42. The van der Waals surface area contributed by atoms with Gasteiger partial charge < -0.3 is 9.84 Å². The maximum absolute atomic E-state index is 9.45. The van der Waals surface area contributed by atoms with Gasteiger partial charge in [-0.3, -0.25) is 4.40 Å². The molecule has 0 amide bonds. The summed E-state index contributed by atoms with van der Waals surface area (Å²) in [5.41, 5.74) is 0.623. The Morgan fingerprint density at radius 3 is 3.05 bits per heavy atom. The molecule has 0 radical (unpaired) electrons. The van der Waals surface area contributed by atoms with Gasteiger partial charge in [-0.05, 0) is 34.1 Å². The van der Waals surface area contributed by atoms with Crippen molar-refractivity contribution in [2.24, 2.45) is 0 Å². The number of aliphatic hydroxyl groups excluding tert-OH is 1. The lowest BCUT2D eigenvalue weighted by atomic mass is 10.3. The van der Waals surface area contributed by atoms with Crippen LogP contribution in [0.2, 0.25) is 5.02 Å². The topological polar surface area (TPSA) is 46.8 Å². The highest BCUT2D eigenvalue weighted by molar-refractivity contribution is 9.10. The van der Waals surface area contributed by atoms with Gasteiger partial charge in [0.05, 0.1) is 11.1 Å². The highest BCUT2D eigenvalue weighted by Gasteiger charge is 2.15. The lowest BCUT2D eigenvalue weighted by Gasteiger charge is -2.06. The summed E-state index contributed by atoms with van der Waals surface area (Å²) < 4.78 is 8.28. The average molecular weight is 360 g/mol. The minimum absolute atomic E-state index is 0.140. The normalized spacial score (nSPS) is 11.1. The van der Waals surface area contributed by atoms with Gasteiger partial charge in [0.25, 0.3) is 0 Å². The van der Waals surface area contributed by atoms with Crippen LogP contribution >= 0.6 is 38.9 Å². The monoisotopic (exact) mass is 358 g/mol. The molecule has 98 valence electrons. The first kappa shape index (κ1) is 12.9. The summed E-state index contributed by atoms with van der Waals surface area (Å²) in [4.78, 5) is 5.13. The van der Waals surface area contributed by atoms with Crippen LogP contribution in [0.15, 0.2) is 34.2 Å². The molecule has 4 nitrogen and oxygen atoms in total. The van der Waals surface area contributed by atoms with Crippen molar-refractivity contribution < 1.29 is 9.84 Å². The van der Waals surface area contributed by atoms with Crippen LogP contribution in [0.25, 0.3) is 4.96 Å². The fourth-order valence-electron chi connectivity index (χ4n) is 1.70. The number of aliphatic hydroxyl groups is 1. The lowest BCUT2D eigenvalue weighted by Crippen LogP contribution is -1.94. The molecule has 0 saturated heterocycles. The Kier molecular flexibility index (Phi) is 3.49. The highest BCUT2D eigenvalue weighted by Crippen LogP contribution is 2.33. The first-order valence-electron chi connectivity index (χ1n) is 5.37. The molecule has 7 heteroatoms. The Labute approximate surface area is 126 Å². The number of aromatic nitrogens is 2. The number of benzene rings is 1. The number of rotatable bonds is 3. The number of imidazole rings is 1. The van der Waals surface area contributed by atoms with Crippen molar-refractivity contribution in [3.63, 3.8) is 0 Å². The molecule has 3 rings (SSSR count). The van der Waals surface area contributed by atoms with Crippen molar-refractivity contribution in [3.8, 4) is 11.6 Å². The maximum atomic E-state index is 9.45. The largest absolute Gasteiger partial charge is 0.436 e. The van der Waals surface area contributed by atoms with Crippen molar-refractivity contribution in [2.45, 2.75) is 6.61 Å². The molecule has 0 aliphatic heterocycles. The van der Waals surface area contributed by atoms with Crippen LogP contribution in [-0.4, -0.2) is 14.5 Å². The Balaban J connectivity index is 2.02. The molecule has 0 atom stereocenters. The molecule has 2 heterocycles. The molecule has 0 spiro atoms. The second kappa shape index (κ2) is 5.13. The van der Waals surface area contributed by atoms with Crippen molar-refractivity contribution in [1.82, 2.24) is 9.38 Å². The van der Waals surface area contributed by atoms with Crippen molar-refractivity contribution in [3.05, 3.63) is 45.0 Å². The van der Waals surface area contributed by atoms with Gasteiger partial charge in [-0.1, -0.05) is 11.6 Å².